The Bertz CT molecular complexity index is 320. The standard InChI is InChI=1S/C11H15N3O/c12-14-13-9-11(15)8-4-7-10-5-2-1-3-6-10/h1-3,5-6,11,15H,4,7-9H2. The molecular formula is C11H15N3O. The van der Waals surface area contributed by atoms with E-state index >= 15 is 0 Å². The summed E-state index contributed by atoms with van der Waals surface area (Å²) in [6.07, 6.45) is 2.03. The van der Waals surface area contributed by atoms with Crippen LogP contribution in [0.5, 0.6) is 0 Å². The number of benzene rings is 1. The molecular weight excluding hydrogens is 190 g/mol. The molecule has 1 rings (SSSR count). The van der Waals surface area contributed by atoms with E-state index in [4.69, 9.17) is 5.53 Å². The Labute approximate surface area is 89.2 Å². The van der Waals surface area contributed by atoms with Crippen LogP contribution in [0.3, 0.4) is 0 Å². The molecule has 0 amide bonds. The monoisotopic (exact) mass is 205 g/mol. The smallest absolute Gasteiger partial charge is 0.0596 e. The predicted octanol–water partition coefficient (Wildman–Crippen LogP) is 2.68. The Hall–Kier alpha value is -1.51. The molecule has 0 radical (unpaired) electrons. The first-order chi connectivity index (χ1) is 7.33. The van der Waals surface area contributed by atoms with E-state index in [0.717, 1.165) is 12.8 Å². The van der Waals surface area contributed by atoms with Gasteiger partial charge in [0.05, 0.1) is 12.6 Å². The lowest BCUT2D eigenvalue weighted by Crippen LogP contribution is -2.10. The zero-order valence-electron chi connectivity index (χ0n) is 8.58. The van der Waals surface area contributed by atoms with E-state index in [1.807, 2.05) is 18.2 Å². The molecule has 0 heterocycles. The van der Waals surface area contributed by atoms with E-state index in [2.05, 4.69) is 22.2 Å². The summed E-state index contributed by atoms with van der Waals surface area (Å²) in [6, 6.07) is 10.1. The molecule has 0 aliphatic carbocycles. The molecule has 1 aromatic rings. The lowest BCUT2D eigenvalue weighted by atomic mass is 10.1. The van der Waals surface area contributed by atoms with Crippen LogP contribution in [0, 0.1) is 0 Å². The zero-order chi connectivity index (χ0) is 10.9. The zero-order valence-corrected chi connectivity index (χ0v) is 8.58. The van der Waals surface area contributed by atoms with Gasteiger partial charge in [-0.15, -0.1) is 0 Å². The van der Waals surface area contributed by atoms with Gasteiger partial charge >= 0.3 is 0 Å². The Morgan fingerprint density at radius 3 is 2.73 bits per heavy atom. The van der Waals surface area contributed by atoms with Crippen LogP contribution in [0.25, 0.3) is 10.4 Å². The van der Waals surface area contributed by atoms with Gasteiger partial charge < -0.3 is 5.11 Å². The van der Waals surface area contributed by atoms with Gasteiger partial charge in [-0.3, -0.25) is 0 Å². The minimum Gasteiger partial charge on any atom is -0.393 e. The van der Waals surface area contributed by atoms with E-state index in [-0.39, 0.29) is 6.54 Å². The maximum Gasteiger partial charge on any atom is 0.0596 e. The summed E-state index contributed by atoms with van der Waals surface area (Å²) in [6.45, 7) is 0.172. The number of hydrogen-bond acceptors (Lipinski definition) is 2. The molecule has 0 saturated carbocycles. The molecule has 1 unspecified atom stereocenters. The summed E-state index contributed by atoms with van der Waals surface area (Å²) < 4.78 is 0. The Morgan fingerprint density at radius 2 is 2.07 bits per heavy atom. The molecule has 1 atom stereocenters. The van der Waals surface area contributed by atoms with Crippen molar-refractivity contribution in [2.45, 2.75) is 25.4 Å². The number of nitrogens with zero attached hydrogens (tertiary/aromatic N) is 3. The topological polar surface area (TPSA) is 69.0 Å². The molecule has 15 heavy (non-hydrogen) atoms. The fraction of sp³-hybridized carbons (Fsp3) is 0.455. The van der Waals surface area contributed by atoms with Gasteiger partial charge in [0.2, 0.25) is 0 Å². The summed E-state index contributed by atoms with van der Waals surface area (Å²) in [5, 5.41) is 12.7. The van der Waals surface area contributed by atoms with Gasteiger partial charge in [0.25, 0.3) is 0 Å². The van der Waals surface area contributed by atoms with Crippen LogP contribution >= 0.6 is 0 Å². The van der Waals surface area contributed by atoms with Crippen molar-refractivity contribution in [2.24, 2.45) is 5.11 Å². The molecule has 0 aliphatic heterocycles. The van der Waals surface area contributed by atoms with Crippen molar-refractivity contribution in [1.29, 1.82) is 0 Å². The SMILES string of the molecule is [N-]=[N+]=NCC(O)CCCc1ccccc1. The van der Waals surface area contributed by atoms with Crippen LogP contribution in [-0.2, 0) is 6.42 Å². The Kier molecular flexibility index (Phi) is 5.30. The molecule has 0 bridgehead atoms. The summed E-state index contributed by atoms with van der Waals surface area (Å²) in [7, 11) is 0. The molecule has 0 aromatic heterocycles. The Balaban J connectivity index is 2.19. The van der Waals surface area contributed by atoms with Gasteiger partial charge in [0.15, 0.2) is 0 Å². The van der Waals surface area contributed by atoms with E-state index in [1.54, 1.807) is 0 Å². The quantitative estimate of drug-likeness (QED) is 0.433. The molecule has 0 aliphatic rings. The highest BCUT2D eigenvalue weighted by molar-refractivity contribution is 5.14. The number of azide groups is 1. The number of aliphatic hydroxyl groups is 1. The van der Waals surface area contributed by atoms with Gasteiger partial charge in [-0.2, -0.15) is 0 Å². The fourth-order valence-corrected chi connectivity index (χ4v) is 1.41. The molecule has 1 aromatic carbocycles. The largest absolute Gasteiger partial charge is 0.393 e. The summed E-state index contributed by atoms with van der Waals surface area (Å²) in [4.78, 5) is 2.61. The number of aliphatic hydroxyl groups excluding tert-OH is 1. The van der Waals surface area contributed by atoms with Gasteiger partial charge in [-0.05, 0) is 30.4 Å². The predicted molar refractivity (Wildman–Crippen MR) is 59.4 cm³/mol. The minimum absolute atomic E-state index is 0.172. The van der Waals surface area contributed by atoms with Crippen molar-refractivity contribution in [3.05, 3.63) is 46.3 Å². The summed E-state index contributed by atoms with van der Waals surface area (Å²) in [5.74, 6) is 0. The molecule has 1 N–H and O–H groups in total. The number of rotatable bonds is 6. The molecule has 80 valence electrons. The molecule has 0 fully saturated rings. The summed E-state index contributed by atoms with van der Waals surface area (Å²) >= 11 is 0. The average molecular weight is 205 g/mol. The van der Waals surface area contributed by atoms with Crippen molar-refractivity contribution < 1.29 is 5.11 Å². The lowest BCUT2D eigenvalue weighted by molar-refractivity contribution is 0.170. The van der Waals surface area contributed by atoms with Gasteiger partial charge in [-0.1, -0.05) is 35.4 Å². The number of aryl methyl sites for hydroxylation is 1. The second-order valence-corrected chi connectivity index (χ2v) is 3.45. The van der Waals surface area contributed by atoms with Crippen molar-refractivity contribution in [3.63, 3.8) is 0 Å². The minimum atomic E-state index is -0.510. The highest BCUT2D eigenvalue weighted by atomic mass is 16.3. The van der Waals surface area contributed by atoms with E-state index in [1.165, 1.54) is 5.56 Å². The average Bonchev–Trinajstić information content (AvgIpc) is 2.28. The first-order valence-electron chi connectivity index (χ1n) is 5.06. The van der Waals surface area contributed by atoms with Crippen LogP contribution < -0.4 is 0 Å². The highest BCUT2D eigenvalue weighted by Gasteiger charge is 2.01. The van der Waals surface area contributed by atoms with E-state index in [9.17, 15) is 5.11 Å². The van der Waals surface area contributed by atoms with Crippen molar-refractivity contribution in [3.8, 4) is 0 Å². The van der Waals surface area contributed by atoms with Crippen molar-refractivity contribution in [1.82, 2.24) is 0 Å². The second-order valence-electron chi connectivity index (χ2n) is 3.45. The van der Waals surface area contributed by atoms with Crippen LogP contribution in [0.4, 0.5) is 0 Å². The van der Waals surface area contributed by atoms with E-state index < -0.39 is 6.10 Å². The van der Waals surface area contributed by atoms with Crippen molar-refractivity contribution >= 4 is 0 Å². The van der Waals surface area contributed by atoms with Gasteiger partial charge in [0.1, 0.15) is 0 Å². The maximum atomic E-state index is 9.39. The first-order valence-corrected chi connectivity index (χ1v) is 5.06. The van der Waals surface area contributed by atoms with Gasteiger partial charge in [-0.25, -0.2) is 0 Å². The van der Waals surface area contributed by atoms with Crippen LogP contribution in [0.2, 0.25) is 0 Å². The van der Waals surface area contributed by atoms with E-state index in [0.29, 0.717) is 6.42 Å². The molecule has 4 nitrogen and oxygen atoms in total. The third kappa shape index (κ3) is 5.05. The summed E-state index contributed by atoms with van der Waals surface area (Å²) in [5.41, 5.74) is 9.34. The molecule has 4 heteroatoms. The van der Waals surface area contributed by atoms with Crippen LogP contribution in [-0.4, -0.2) is 17.8 Å². The second kappa shape index (κ2) is 6.87. The lowest BCUT2D eigenvalue weighted by Gasteiger charge is -2.06. The van der Waals surface area contributed by atoms with Crippen LogP contribution in [0.1, 0.15) is 18.4 Å². The third-order valence-corrected chi connectivity index (χ3v) is 2.20. The van der Waals surface area contributed by atoms with Crippen molar-refractivity contribution in [2.75, 3.05) is 6.54 Å². The Morgan fingerprint density at radius 1 is 1.33 bits per heavy atom. The highest BCUT2D eigenvalue weighted by Crippen LogP contribution is 2.06. The molecule has 0 saturated heterocycles. The molecule has 0 spiro atoms. The normalized spacial score (nSPS) is 11.8. The van der Waals surface area contributed by atoms with Gasteiger partial charge in [0, 0.05) is 4.91 Å². The first kappa shape index (κ1) is 11.6. The maximum absolute atomic E-state index is 9.39. The third-order valence-electron chi connectivity index (χ3n) is 2.20. The number of hydrogen-bond donors (Lipinski definition) is 1. The fourth-order valence-electron chi connectivity index (χ4n) is 1.41. The van der Waals surface area contributed by atoms with Crippen LogP contribution in [0.15, 0.2) is 35.4 Å².